The maximum atomic E-state index is 5.36. The molecule has 2 heterocycles. The minimum absolute atomic E-state index is 0.172. The van der Waals surface area contributed by atoms with Gasteiger partial charge in [-0.15, -0.1) is 0 Å². The lowest BCUT2D eigenvalue weighted by Crippen LogP contribution is -2.55. The fourth-order valence-electron chi connectivity index (χ4n) is 2.40. The first-order valence-corrected chi connectivity index (χ1v) is 5.44. The molecule has 0 saturated carbocycles. The molecule has 0 spiro atoms. The molecular formula is C9H12N2OS. The molecule has 1 aliphatic carbocycles. The summed E-state index contributed by atoms with van der Waals surface area (Å²) in [4.78, 5) is 0. The van der Waals surface area contributed by atoms with Crippen molar-refractivity contribution in [2.75, 3.05) is 0 Å². The molecule has 1 N–H and O–H groups in total. The number of nitrogens with one attached hydrogen (secondary N) is 1. The van der Waals surface area contributed by atoms with Crippen molar-refractivity contribution in [1.82, 2.24) is 9.88 Å². The van der Waals surface area contributed by atoms with Crippen LogP contribution in [0.3, 0.4) is 0 Å². The lowest BCUT2D eigenvalue weighted by atomic mass is 9.89. The van der Waals surface area contributed by atoms with Gasteiger partial charge in [0.25, 0.3) is 0 Å². The number of fused-ring (bicyclic) bond motifs is 3. The Morgan fingerprint density at radius 1 is 1.77 bits per heavy atom. The molecule has 2 aliphatic rings. The number of hydrogen-bond acceptors (Lipinski definition) is 4. The number of hydrogen-bond donors (Lipinski definition) is 1. The summed E-state index contributed by atoms with van der Waals surface area (Å²) in [5, 5.41) is 3.87. The summed E-state index contributed by atoms with van der Waals surface area (Å²) in [6.07, 6.45) is 2.93. The summed E-state index contributed by atoms with van der Waals surface area (Å²) < 4.78 is 8.93. The molecule has 0 aromatic carbocycles. The van der Waals surface area contributed by atoms with E-state index in [1.807, 2.05) is 6.20 Å². The van der Waals surface area contributed by atoms with Gasteiger partial charge in [0.1, 0.15) is 4.75 Å². The summed E-state index contributed by atoms with van der Waals surface area (Å²) in [6, 6.07) is 0.564. The standard InChI is InChI=1S/C9H12N2OS/c1-5(2)9-7(11-13-9)3-6-4-10-12-8(6)9/h4-5,7,11H,3H2,1-2H3/t7-,9?/m1/s1. The van der Waals surface area contributed by atoms with Gasteiger partial charge in [0.15, 0.2) is 5.76 Å². The van der Waals surface area contributed by atoms with Gasteiger partial charge in [-0.1, -0.05) is 31.0 Å². The summed E-state index contributed by atoms with van der Waals surface area (Å²) in [6.45, 7) is 4.50. The van der Waals surface area contributed by atoms with Gasteiger partial charge in [-0.05, 0) is 12.3 Å². The number of aromatic nitrogens is 1. The van der Waals surface area contributed by atoms with Gasteiger partial charge in [0, 0.05) is 11.6 Å². The zero-order chi connectivity index (χ0) is 9.05. The molecule has 1 saturated heterocycles. The molecule has 3 nitrogen and oxygen atoms in total. The predicted molar refractivity (Wildman–Crippen MR) is 51.2 cm³/mol. The van der Waals surface area contributed by atoms with Crippen molar-refractivity contribution in [2.24, 2.45) is 5.92 Å². The van der Waals surface area contributed by atoms with Crippen molar-refractivity contribution in [3.05, 3.63) is 17.5 Å². The minimum atomic E-state index is 0.172. The van der Waals surface area contributed by atoms with E-state index in [0.29, 0.717) is 12.0 Å². The van der Waals surface area contributed by atoms with Crippen LogP contribution in [0.1, 0.15) is 25.2 Å². The minimum Gasteiger partial charge on any atom is -0.359 e. The molecule has 1 aromatic rings. The fourth-order valence-corrected chi connectivity index (χ4v) is 3.60. The SMILES string of the molecule is CC(C)C12SN[C@@H]1Cc1cnoc12. The fraction of sp³-hybridized carbons (Fsp3) is 0.667. The van der Waals surface area contributed by atoms with Crippen LogP contribution in [0, 0.1) is 5.92 Å². The number of rotatable bonds is 1. The second-order valence-corrected chi connectivity index (χ2v) is 5.22. The van der Waals surface area contributed by atoms with E-state index < -0.39 is 0 Å². The molecule has 1 aromatic heterocycles. The molecule has 70 valence electrons. The summed E-state index contributed by atoms with van der Waals surface area (Å²) >= 11 is 1.80. The van der Waals surface area contributed by atoms with E-state index >= 15 is 0 Å². The van der Waals surface area contributed by atoms with Gasteiger partial charge in [0.05, 0.1) is 6.20 Å². The van der Waals surface area contributed by atoms with Gasteiger partial charge >= 0.3 is 0 Å². The average Bonchev–Trinajstić information content (AvgIpc) is 2.53. The van der Waals surface area contributed by atoms with Crippen LogP contribution >= 0.6 is 11.9 Å². The van der Waals surface area contributed by atoms with E-state index in [-0.39, 0.29) is 4.75 Å². The summed E-state index contributed by atoms with van der Waals surface area (Å²) in [5.74, 6) is 1.70. The Kier molecular flexibility index (Phi) is 1.40. The lowest BCUT2D eigenvalue weighted by molar-refractivity contribution is 0.263. The molecule has 13 heavy (non-hydrogen) atoms. The van der Waals surface area contributed by atoms with Gasteiger partial charge < -0.3 is 4.52 Å². The van der Waals surface area contributed by atoms with Crippen LogP contribution in [-0.2, 0) is 11.2 Å². The molecule has 1 fully saturated rings. The Balaban J connectivity index is 2.13. The normalized spacial score (nSPS) is 35.8. The van der Waals surface area contributed by atoms with Crippen molar-refractivity contribution in [1.29, 1.82) is 0 Å². The Labute approximate surface area is 81.4 Å². The Bertz CT molecular complexity index is 349. The maximum Gasteiger partial charge on any atom is 0.159 e. The first-order valence-electron chi connectivity index (χ1n) is 4.62. The van der Waals surface area contributed by atoms with Gasteiger partial charge in [-0.25, -0.2) is 0 Å². The molecule has 0 radical (unpaired) electrons. The van der Waals surface area contributed by atoms with Crippen molar-refractivity contribution in [2.45, 2.75) is 31.1 Å². The third kappa shape index (κ3) is 0.742. The van der Waals surface area contributed by atoms with Crippen molar-refractivity contribution < 1.29 is 4.52 Å². The first kappa shape index (κ1) is 7.88. The van der Waals surface area contributed by atoms with Gasteiger partial charge in [-0.3, -0.25) is 4.72 Å². The van der Waals surface area contributed by atoms with E-state index in [0.717, 1.165) is 12.2 Å². The van der Waals surface area contributed by atoms with E-state index in [1.54, 1.807) is 11.9 Å². The van der Waals surface area contributed by atoms with Crippen molar-refractivity contribution in [3.63, 3.8) is 0 Å². The van der Waals surface area contributed by atoms with E-state index in [2.05, 4.69) is 23.7 Å². The second kappa shape index (κ2) is 2.30. The van der Waals surface area contributed by atoms with Crippen LogP contribution < -0.4 is 4.72 Å². The van der Waals surface area contributed by atoms with Crippen LogP contribution in [0.25, 0.3) is 0 Å². The Hall–Kier alpha value is -0.480. The zero-order valence-electron chi connectivity index (χ0n) is 7.70. The van der Waals surface area contributed by atoms with Crippen LogP contribution in [0.5, 0.6) is 0 Å². The number of nitrogens with zero attached hydrogens (tertiary/aromatic N) is 1. The third-order valence-corrected chi connectivity index (χ3v) is 4.85. The smallest absolute Gasteiger partial charge is 0.159 e. The quantitative estimate of drug-likeness (QED) is 0.694. The summed E-state index contributed by atoms with van der Waals surface area (Å²) in [5.41, 5.74) is 1.29. The highest BCUT2D eigenvalue weighted by atomic mass is 32.2. The largest absolute Gasteiger partial charge is 0.359 e. The zero-order valence-corrected chi connectivity index (χ0v) is 8.52. The van der Waals surface area contributed by atoms with Crippen molar-refractivity contribution >= 4 is 11.9 Å². The molecule has 1 aliphatic heterocycles. The monoisotopic (exact) mass is 196 g/mol. The maximum absolute atomic E-state index is 5.36. The van der Waals surface area contributed by atoms with Crippen LogP contribution in [0.4, 0.5) is 0 Å². The highest BCUT2D eigenvalue weighted by Gasteiger charge is 2.59. The first-order chi connectivity index (χ1) is 6.25. The third-order valence-electron chi connectivity index (χ3n) is 3.17. The van der Waals surface area contributed by atoms with Gasteiger partial charge in [-0.2, -0.15) is 0 Å². The van der Waals surface area contributed by atoms with E-state index in [1.165, 1.54) is 5.56 Å². The lowest BCUT2D eigenvalue weighted by Gasteiger charge is -2.46. The summed E-state index contributed by atoms with van der Waals surface area (Å²) in [7, 11) is 0. The van der Waals surface area contributed by atoms with E-state index in [9.17, 15) is 0 Å². The molecule has 4 heteroatoms. The highest BCUT2D eigenvalue weighted by Crippen LogP contribution is 2.57. The van der Waals surface area contributed by atoms with Gasteiger partial charge in [0.2, 0.25) is 0 Å². The highest BCUT2D eigenvalue weighted by molar-refractivity contribution is 7.99. The topological polar surface area (TPSA) is 38.1 Å². The average molecular weight is 196 g/mol. The second-order valence-electron chi connectivity index (χ2n) is 4.10. The Morgan fingerprint density at radius 2 is 2.62 bits per heavy atom. The molecule has 2 atom stereocenters. The van der Waals surface area contributed by atoms with Crippen LogP contribution in [-0.4, -0.2) is 11.2 Å². The molecule has 0 bridgehead atoms. The Morgan fingerprint density at radius 3 is 3.23 bits per heavy atom. The molecule has 0 amide bonds. The molecule has 3 rings (SSSR count). The predicted octanol–water partition coefficient (Wildman–Crippen LogP) is 1.70. The van der Waals surface area contributed by atoms with Crippen LogP contribution in [0.2, 0.25) is 0 Å². The van der Waals surface area contributed by atoms with E-state index in [4.69, 9.17) is 4.52 Å². The van der Waals surface area contributed by atoms with Crippen molar-refractivity contribution in [3.8, 4) is 0 Å². The molecular weight excluding hydrogens is 184 g/mol. The molecule has 1 unspecified atom stereocenters. The van der Waals surface area contributed by atoms with Crippen LogP contribution in [0.15, 0.2) is 10.7 Å².